The summed E-state index contributed by atoms with van der Waals surface area (Å²) in [6.07, 6.45) is 3.61. The van der Waals surface area contributed by atoms with Crippen LogP contribution in [0, 0.1) is 0 Å². The second-order valence-corrected chi connectivity index (χ2v) is 5.40. The third kappa shape index (κ3) is 2.04. The summed E-state index contributed by atoms with van der Waals surface area (Å²) in [6.45, 7) is 0. The lowest BCUT2D eigenvalue weighted by Crippen LogP contribution is -2.18. The molecular formula is C13H13BrN2O2. The zero-order chi connectivity index (χ0) is 12.7. The van der Waals surface area contributed by atoms with Crippen molar-refractivity contribution in [1.82, 2.24) is 9.78 Å². The van der Waals surface area contributed by atoms with Crippen LogP contribution in [0.2, 0.25) is 0 Å². The zero-order valence-corrected chi connectivity index (χ0v) is 11.5. The van der Waals surface area contributed by atoms with Gasteiger partial charge in [-0.3, -0.25) is 4.68 Å². The molecule has 3 rings (SSSR count). The molecule has 1 aromatic heterocycles. The first-order chi connectivity index (χ1) is 8.63. The van der Waals surface area contributed by atoms with Crippen molar-refractivity contribution in [1.29, 1.82) is 0 Å². The maximum atomic E-state index is 10.2. The molecule has 1 aliphatic heterocycles. The van der Waals surface area contributed by atoms with Crippen molar-refractivity contribution in [2.24, 2.45) is 7.05 Å². The highest BCUT2D eigenvalue weighted by molar-refractivity contribution is 9.10. The van der Waals surface area contributed by atoms with Crippen LogP contribution in [0.1, 0.15) is 29.8 Å². The highest BCUT2D eigenvalue weighted by atomic mass is 79.9. The van der Waals surface area contributed by atoms with Crippen molar-refractivity contribution in [3.8, 4) is 5.75 Å². The summed E-state index contributed by atoms with van der Waals surface area (Å²) < 4.78 is 8.62. The molecule has 0 saturated carbocycles. The third-order valence-corrected chi connectivity index (χ3v) is 3.63. The molecule has 1 aromatic carbocycles. The fourth-order valence-electron chi connectivity index (χ4n) is 2.23. The number of fused-ring (bicyclic) bond motifs is 1. The van der Waals surface area contributed by atoms with Crippen molar-refractivity contribution in [2.75, 3.05) is 0 Å². The Hall–Kier alpha value is -1.33. The Bertz CT molecular complexity index is 582. The lowest BCUT2D eigenvalue weighted by molar-refractivity contribution is 0.0656. The van der Waals surface area contributed by atoms with Gasteiger partial charge < -0.3 is 9.84 Å². The normalized spacial score (nSPS) is 22.4. The average Bonchev–Trinajstić information content (AvgIpc) is 2.75. The van der Waals surface area contributed by atoms with Crippen LogP contribution in [-0.2, 0) is 7.05 Å². The van der Waals surface area contributed by atoms with Gasteiger partial charge in [0.15, 0.2) is 0 Å². The highest BCUT2D eigenvalue weighted by Crippen LogP contribution is 2.41. The van der Waals surface area contributed by atoms with E-state index in [1.54, 1.807) is 10.9 Å². The lowest BCUT2D eigenvalue weighted by atomic mass is 9.96. The van der Waals surface area contributed by atoms with Crippen LogP contribution in [0.4, 0.5) is 0 Å². The van der Waals surface area contributed by atoms with Crippen molar-refractivity contribution in [2.45, 2.75) is 18.6 Å². The molecule has 0 fully saturated rings. The summed E-state index contributed by atoms with van der Waals surface area (Å²) >= 11 is 3.41. The Balaban J connectivity index is 1.95. The van der Waals surface area contributed by atoms with Gasteiger partial charge in [-0.25, -0.2) is 0 Å². The van der Waals surface area contributed by atoms with E-state index in [9.17, 15) is 5.11 Å². The number of aliphatic hydroxyl groups excluding tert-OH is 1. The number of halogens is 1. The highest BCUT2D eigenvalue weighted by Gasteiger charge is 2.28. The minimum atomic E-state index is -0.493. The van der Waals surface area contributed by atoms with Crippen molar-refractivity contribution < 1.29 is 9.84 Å². The summed E-state index contributed by atoms with van der Waals surface area (Å²) in [7, 11) is 1.87. The van der Waals surface area contributed by atoms with E-state index in [1.807, 2.05) is 31.4 Å². The van der Waals surface area contributed by atoms with Gasteiger partial charge in [0.05, 0.1) is 12.3 Å². The van der Waals surface area contributed by atoms with E-state index in [2.05, 4.69) is 21.0 Å². The molecule has 0 aliphatic carbocycles. The molecule has 2 heterocycles. The molecule has 0 radical (unpaired) electrons. The van der Waals surface area contributed by atoms with Crippen LogP contribution >= 0.6 is 15.9 Å². The Labute approximate surface area is 113 Å². The monoisotopic (exact) mass is 308 g/mol. The first-order valence-electron chi connectivity index (χ1n) is 5.76. The number of aliphatic hydroxyl groups is 1. The van der Waals surface area contributed by atoms with Gasteiger partial charge >= 0.3 is 0 Å². The van der Waals surface area contributed by atoms with Crippen molar-refractivity contribution in [3.05, 3.63) is 46.2 Å². The molecule has 1 N–H and O–H groups in total. The number of hydrogen-bond acceptors (Lipinski definition) is 3. The molecule has 0 saturated heterocycles. The predicted molar refractivity (Wildman–Crippen MR) is 70.3 cm³/mol. The van der Waals surface area contributed by atoms with E-state index in [0.717, 1.165) is 21.3 Å². The maximum absolute atomic E-state index is 10.2. The van der Waals surface area contributed by atoms with Gasteiger partial charge in [0.25, 0.3) is 0 Å². The molecule has 1 unspecified atom stereocenters. The van der Waals surface area contributed by atoms with Gasteiger partial charge in [0.1, 0.15) is 11.9 Å². The molecule has 0 bridgehead atoms. The van der Waals surface area contributed by atoms with Crippen LogP contribution in [0.5, 0.6) is 5.75 Å². The molecule has 0 spiro atoms. The predicted octanol–water partition coefficient (Wildman–Crippen LogP) is 2.74. The van der Waals surface area contributed by atoms with E-state index < -0.39 is 6.10 Å². The lowest BCUT2D eigenvalue weighted by Gasteiger charge is -2.29. The molecule has 2 aromatic rings. The number of ether oxygens (including phenoxy) is 1. The summed E-state index contributed by atoms with van der Waals surface area (Å²) in [5.41, 5.74) is 1.83. The minimum Gasteiger partial charge on any atom is -0.485 e. The number of aryl methyl sites for hydroxylation is 1. The maximum Gasteiger partial charge on any atom is 0.130 e. The van der Waals surface area contributed by atoms with Crippen molar-refractivity contribution >= 4 is 15.9 Å². The smallest absolute Gasteiger partial charge is 0.130 e. The third-order valence-electron chi connectivity index (χ3n) is 3.14. The number of benzene rings is 1. The van der Waals surface area contributed by atoms with Crippen LogP contribution in [0.15, 0.2) is 35.1 Å². The summed E-state index contributed by atoms with van der Waals surface area (Å²) in [5, 5.41) is 14.3. The van der Waals surface area contributed by atoms with Gasteiger partial charge in [0, 0.05) is 35.3 Å². The van der Waals surface area contributed by atoms with Crippen LogP contribution < -0.4 is 4.74 Å². The van der Waals surface area contributed by atoms with Crippen LogP contribution in [0.3, 0.4) is 0 Å². The first kappa shape index (κ1) is 11.7. The topological polar surface area (TPSA) is 47.3 Å². The van der Waals surface area contributed by atoms with Gasteiger partial charge in [-0.1, -0.05) is 22.0 Å². The largest absolute Gasteiger partial charge is 0.485 e. The van der Waals surface area contributed by atoms with Gasteiger partial charge in [-0.2, -0.15) is 5.10 Å². The Morgan fingerprint density at radius 2 is 2.33 bits per heavy atom. The van der Waals surface area contributed by atoms with E-state index >= 15 is 0 Å². The number of aromatic nitrogens is 2. The second kappa shape index (κ2) is 4.40. The molecular weight excluding hydrogens is 296 g/mol. The zero-order valence-electron chi connectivity index (χ0n) is 9.88. The van der Waals surface area contributed by atoms with Crippen LogP contribution in [-0.4, -0.2) is 14.9 Å². The van der Waals surface area contributed by atoms with E-state index in [4.69, 9.17) is 4.74 Å². The Morgan fingerprint density at radius 1 is 1.50 bits per heavy atom. The SMILES string of the molecule is Cn1cc(C2C[C@H](O)c3ccc(Br)cc3O2)cn1. The molecule has 4 nitrogen and oxygen atoms in total. The van der Waals surface area contributed by atoms with Crippen molar-refractivity contribution in [3.63, 3.8) is 0 Å². The van der Waals surface area contributed by atoms with E-state index in [-0.39, 0.29) is 6.10 Å². The first-order valence-corrected chi connectivity index (χ1v) is 6.55. The fourth-order valence-corrected chi connectivity index (χ4v) is 2.57. The molecule has 2 atom stereocenters. The summed E-state index contributed by atoms with van der Waals surface area (Å²) in [4.78, 5) is 0. The van der Waals surface area contributed by atoms with E-state index in [1.165, 1.54) is 0 Å². The molecule has 94 valence electrons. The number of hydrogen-bond donors (Lipinski definition) is 1. The quantitative estimate of drug-likeness (QED) is 0.881. The van der Waals surface area contributed by atoms with Gasteiger partial charge in [-0.05, 0) is 12.1 Å². The minimum absolute atomic E-state index is 0.143. The molecule has 1 aliphatic rings. The number of nitrogens with zero attached hydrogens (tertiary/aromatic N) is 2. The fraction of sp³-hybridized carbons (Fsp3) is 0.308. The van der Waals surface area contributed by atoms with Gasteiger partial charge in [-0.15, -0.1) is 0 Å². The van der Waals surface area contributed by atoms with E-state index in [0.29, 0.717) is 6.42 Å². The number of rotatable bonds is 1. The molecule has 18 heavy (non-hydrogen) atoms. The Morgan fingerprint density at radius 3 is 3.06 bits per heavy atom. The van der Waals surface area contributed by atoms with Gasteiger partial charge in [0.2, 0.25) is 0 Å². The molecule has 0 amide bonds. The summed E-state index contributed by atoms with van der Waals surface area (Å²) in [6, 6.07) is 5.69. The summed E-state index contributed by atoms with van der Waals surface area (Å²) in [5.74, 6) is 0.733. The second-order valence-electron chi connectivity index (χ2n) is 4.49. The molecule has 5 heteroatoms. The Kier molecular flexibility index (Phi) is 2.87. The average molecular weight is 309 g/mol. The standard InChI is InChI=1S/C13H13BrN2O2/c1-16-7-8(6-15-16)12-5-11(17)10-3-2-9(14)4-13(10)18-12/h2-4,6-7,11-12,17H,5H2,1H3/t11-,12?/m0/s1. The van der Waals surface area contributed by atoms with Crippen LogP contribution in [0.25, 0.3) is 0 Å².